The zero-order valence-corrected chi connectivity index (χ0v) is 10.4. The third-order valence-electron chi connectivity index (χ3n) is 2.06. The van der Waals surface area contributed by atoms with Crippen LogP contribution in [-0.4, -0.2) is 48.3 Å². The van der Waals surface area contributed by atoms with Crippen molar-refractivity contribution in [3.05, 3.63) is 0 Å². The lowest BCUT2D eigenvalue weighted by Gasteiger charge is -2.18. The maximum atomic E-state index is 11.5. The Morgan fingerprint density at radius 1 is 1.39 bits per heavy atom. The van der Waals surface area contributed by atoms with E-state index in [2.05, 4.69) is 10.6 Å². The Kier molecular flexibility index (Phi) is 7.45. The minimum Gasteiger partial charge on any atom is -0.481 e. The molecular weight excluding hydrogens is 242 g/mol. The van der Waals surface area contributed by atoms with Crippen molar-refractivity contribution < 1.29 is 24.2 Å². The van der Waals surface area contributed by atoms with Crippen LogP contribution in [0.25, 0.3) is 0 Å². The normalized spacial score (nSPS) is 13.4. The van der Waals surface area contributed by atoms with E-state index in [0.29, 0.717) is 6.61 Å². The molecule has 0 spiro atoms. The van der Waals surface area contributed by atoms with Gasteiger partial charge in [0.05, 0.1) is 12.5 Å². The molecule has 0 radical (unpaired) electrons. The first-order chi connectivity index (χ1) is 8.36. The summed E-state index contributed by atoms with van der Waals surface area (Å²) in [6.07, 6.45) is -0.802. The minimum atomic E-state index is -1.01. The molecule has 0 aromatic carbocycles. The molecule has 0 aromatic heterocycles. The summed E-state index contributed by atoms with van der Waals surface area (Å²) < 4.78 is 5.16. The van der Waals surface area contributed by atoms with Crippen LogP contribution in [-0.2, 0) is 14.3 Å². The number of urea groups is 1. The van der Waals surface area contributed by atoms with E-state index in [1.807, 2.05) is 0 Å². The van der Waals surface area contributed by atoms with Crippen molar-refractivity contribution >= 4 is 17.9 Å². The highest BCUT2D eigenvalue weighted by atomic mass is 16.5. The molecule has 104 valence electrons. The molecule has 0 aliphatic rings. The number of carbonyl (C=O) groups excluding carboxylic acids is 2. The average Bonchev–Trinajstić information content (AvgIpc) is 2.24. The monoisotopic (exact) mass is 261 g/mol. The second kappa shape index (κ2) is 8.29. The fraction of sp³-hybridized carbons (Fsp3) is 0.700. The fourth-order valence-corrected chi connectivity index (χ4v) is 1.27. The van der Waals surface area contributed by atoms with Crippen molar-refractivity contribution in [1.29, 1.82) is 0 Å². The van der Waals surface area contributed by atoms with Gasteiger partial charge in [-0.05, 0) is 13.8 Å². The summed E-state index contributed by atoms with van der Waals surface area (Å²) in [6, 6.07) is -1.58. The summed E-state index contributed by atoms with van der Waals surface area (Å²) in [7, 11) is 0. The Morgan fingerprint density at radius 2 is 2.00 bits per heavy atom. The number of ether oxygens (including phenoxy) is 1. The zero-order valence-electron chi connectivity index (χ0n) is 10.4. The third-order valence-corrected chi connectivity index (χ3v) is 2.06. The molecular formula is C10H19N3O5. The molecule has 2 unspecified atom stereocenters. The molecule has 18 heavy (non-hydrogen) atoms. The van der Waals surface area contributed by atoms with E-state index in [1.54, 1.807) is 6.92 Å². The fourth-order valence-electron chi connectivity index (χ4n) is 1.27. The zero-order chi connectivity index (χ0) is 14.1. The van der Waals surface area contributed by atoms with E-state index < -0.39 is 30.1 Å². The Morgan fingerprint density at radius 3 is 2.44 bits per heavy atom. The molecule has 0 aromatic rings. The van der Waals surface area contributed by atoms with Gasteiger partial charge in [-0.15, -0.1) is 0 Å². The first-order valence-electron chi connectivity index (χ1n) is 5.53. The molecule has 0 aliphatic heterocycles. The number of hydrogen-bond donors (Lipinski definition) is 4. The molecule has 8 nitrogen and oxygen atoms in total. The molecule has 0 saturated heterocycles. The number of primary amides is 1. The van der Waals surface area contributed by atoms with Crippen LogP contribution in [0.15, 0.2) is 0 Å². The minimum absolute atomic E-state index is 0.0593. The summed E-state index contributed by atoms with van der Waals surface area (Å²) in [5.74, 6) is -1.46. The Hall–Kier alpha value is -1.83. The molecule has 0 fully saturated rings. The number of amides is 3. The standard InChI is InChI=1S/C10H19N3O5/c1-3-18-7(4-8(14)15)5-12-9(16)6(2)13-10(11)17/h6-7H,3-5H2,1-2H3,(H,12,16)(H,14,15)(H3,11,13,17). The smallest absolute Gasteiger partial charge is 0.312 e. The van der Waals surface area contributed by atoms with Crippen molar-refractivity contribution in [1.82, 2.24) is 10.6 Å². The molecule has 0 bridgehead atoms. The maximum absolute atomic E-state index is 11.5. The summed E-state index contributed by atoms with van der Waals surface area (Å²) in [6.45, 7) is 3.60. The highest BCUT2D eigenvalue weighted by molar-refractivity contribution is 5.86. The number of carboxylic acid groups (broad SMARTS) is 1. The topological polar surface area (TPSA) is 131 Å². The Bertz CT molecular complexity index is 308. The SMILES string of the molecule is CCOC(CNC(=O)C(C)NC(N)=O)CC(=O)O. The van der Waals surface area contributed by atoms with E-state index in [9.17, 15) is 14.4 Å². The van der Waals surface area contributed by atoms with Gasteiger partial charge in [0.1, 0.15) is 6.04 Å². The summed E-state index contributed by atoms with van der Waals surface area (Å²) in [5, 5.41) is 13.3. The van der Waals surface area contributed by atoms with E-state index in [1.165, 1.54) is 6.92 Å². The lowest BCUT2D eigenvalue weighted by Crippen LogP contribution is -2.48. The van der Waals surface area contributed by atoms with E-state index in [4.69, 9.17) is 15.6 Å². The van der Waals surface area contributed by atoms with Crippen molar-refractivity contribution in [2.75, 3.05) is 13.2 Å². The predicted molar refractivity (Wildman–Crippen MR) is 62.9 cm³/mol. The van der Waals surface area contributed by atoms with Crippen molar-refractivity contribution in [3.63, 3.8) is 0 Å². The first kappa shape index (κ1) is 16.2. The van der Waals surface area contributed by atoms with E-state index >= 15 is 0 Å². The summed E-state index contributed by atoms with van der Waals surface area (Å²) in [4.78, 5) is 32.6. The molecule has 2 atom stereocenters. The van der Waals surface area contributed by atoms with Gasteiger partial charge in [0.25, 0.3) is 0 Å². The van der Waals surface area contributed by atoms with Crippen molar-refractivity contribution in [3.8, 4) is 0 Å². The molecule has 8 heteroatoms. The van der Waals surface area contributed by atoms with E-state index in [0.717, 1.165) is 0 Å². The molecule has 3 amide bonds. The van der Waals surface area contributed by atoms with Crippen LogP contribution in [0.5, 0.6) is 0 Å². The second-order valence-electron chi connectivity index (χ2n) is 3.65. The first-order valence-corrected chi connectivity index (χ1v) is 5.53. The van der Waals surface area contributed by atoms with Crippen molar-refractivity contribution in [2.45, 2.75) is 32.4 Å². The van der Waals surface area contributed by atoms with Crippen LogP contribution in [0.3, 0.4) is 0 Å². The number of rotatable bonds is 8. The number of carboxylic acids is 1. The van der Waals surface area contributed by atoms with E-state index in [-0.39, 0.29) is 13.0 Å². The summed E-state index contributed by atoms with van der Waals surface area (Å²) in [5.41, 5.74) is 4.87. The van der Waals surface area contributed by atoms with Crippen LogP contribution in [0.2, 0.25) is 0 Å². The predicted octanol–water partition coefficient (Wildman–Crippen LogP) is -0.961. The average molecular weight is 261 g/mol. The van der Waals surface area contributed by atoms with Crippen LogP contribution in [0, 0.1) is 0 Å². The highest BCUT2D eigenvalue weighted by Gasteiger charge is 2.18. The van der Waals surface area contributed by atoms with Crippen LogP contribution in [0.1, 0.15) is 20.3 Å². The molecule has 0 rings (SSSR count). The van der Waals surface area contributed by atoms with Crippen LogP contribution >= 0.6 is 0 Å². The third kappa shape index (κ3) is 7.44. The molecule has 0 aliphatic carbocycles. The Labute approximate surface area is 105 Å². The number of hydrogen-bond acceptors (Lipinski definition) is 4. The number of nitrogens with two attached hydrogens (primary N) is 1. The molecule has 0 saturated carbocycles. The quantitative estimate of drug-likeness (QED) is 0.447. The van der Waals surface area contributed by atoms with Crippen LogP contribution < -0.4 is 16.4 Å². The Balaban J connectivity index is 4.12. The number of aliphatic carboxylic acids is 1. The van der Waals surface area contributed by atoms with Gasteiger partial charge in [0.2, 0.25) is 5.91 Å². The highest BCUT2D eigenvalue weighted by Crippen LogP contribution is 1.97. The van der Waals surface area contributed by atoms with Crippen molar-refractivity contribution in [2.24, 2.45) is 5.73 Å². The van der Waals surface area contributed by atoms with Gasteiger partial charge in [0, 0.05) is 13.2 Å². The van der Waals surface area contributed by atoms with Gasteiger partial charge >= 0.3 is 12.0 Å². The maximum Gasteiger partial charge on any atom is 0.312 e. The van der Waals surface area contributed by atoms with Gasteiger partial charge in [-0.25, -0.2) is 4.79 Å². The van der Waals surface area contributed by atoms with Gasteiger partial charge < -0.3 is 26.2 Å². The van der Waals surface area contributed by atoms with Crippen LogP contribution in [0.4, 0.5) is 4.79 Å². The lowest BCUT2D eigenvalue weighted by atomic mass is 10.2. The largest absolute Gasteiger partial charge is 0.481 e. The molecule has 0 heterocycles. The second-order valence-corrected chi connectivity index (χ2v) is 3.65. The number of nitrogens with one attached hydrogen (secondary N) is 2. The van der Waals surface area contributed by atoms with Gasteiger partial charge in [-0.2, -0.15) is 0 Å². The molecule has 5 N–H and O–H groups in total. The van der Waals surface area contributed by atoms with Gasteiger partial charge in [-0.3, -0.25) is 9.59 Å². The van der Waals surface area contributed by atoms with Gasteiger partial charge in [0.15, 0.2) is 0 Å². The van der Waals surface area contributed by atoms with Gasteiger partial charge in [-0.1, -0.05) is 0 Å². The lowest BCUT2D eigenvalue weighted by molar-refractivity contribution is -0.140. The summed E-state index contributed by atoms with van der Waals surface area (Å²) >= 11 is 0. The number of carbonyl (C=O) groups is 3.